The van der Waals surface area contributed by atoms with Crippen LogP contribution >= 0.6 is 0 Å². The van der Waals surface area contributed by atoms with Gasteiger partial charge in [0.25, 0.3) is 0 Å². The van der Waals surface area contributed by atoms with Crippen molar-refractivity contribution in [3.05, 3.63) is 47.7 Å². The molecule has 0 spiro atoms. The summed E-state index contributed by atoms with van der Waals surface area (Å²) in [6.45, 7) is 4.10. The van der Waals surface area contributed by atoms with Gasteiger partial charge in [-0.15, -0.1) is 0 Å². The molecule has 2 atom stereocenters. The lowest BCUT2D eigenvalue weighted by Gasteiger charge is -2.36. The molecule has 1 saturated carbocycles. The molecule has 1 aromatic carbocycles. The van der Waals surface area contributed by atoms with Crippen LogP contribution in [0.1, 0.15) is 61.8 Å². The molecule has 5 nitrogen and oxygen atoms in total. The molecule has 25 heavy (non-hydrogen) atoms. The summed E-state index contributed by atoms with van der Waals surface area (Å²) in [5.41, 5.74) is 1.91. The summed E-state index contributed by atoms with van der Waals surface area (Å²) < 4.78 is 37.0. The zero-order valence-electron chi connectivity index (χ0n) is 14.6. The fraction of sp³-hybridized carbons (Fsp3) is 0.526. The number of hydrogen-bond donors (Lipinski definition) is 0. The monoisotopic (exact) mass is 361 g/mol. The third-order valence-corrected chi connectivity index (χ3v) is 7.87. The predicted octanol–water partition coefficient (Wildman–Crippen LogP) is 3.94. The number of aryl methyl sites for hydroxylation is 1. The van der Waals surface area contributed by atoms with Crippen LogP contribution in [0.3, 0.4) is 0 Å². The summed E-state index contributed by atoms with van der Waals surface area (Å²) in [5, 5.41) is 0. The number of rotatable bonds is 4. The van der Waals surface area contributed by atoms with Gasteiger partial charge in [-0.05, 0) is 50.8 Å². The molecule has 2 unspecified atom stereocenters. The van der Waals surface area contributed by atoms with Crippen molar-refractivity contribution in [2.24, 2.45) is 0 Å². The molecule has 0 amide bonds. The highest BCUT2D eigenvalue weighted by atomic mass is 32.2. The Balaban J connectivity index is 1.61. The summed E-state index contributed by atoms with van der Waals surface area (Å²) in [6.07, 6.45) is 4.40. The maximum Gasteiger partial charge on any atom is 0.223 e. The molecule has 1 aromatic heterocycles. The Labute approximate surface area is 148 Å². The first-order valence-electron chi connectivity index (χ1n) is 8.77. The molecule has 2 aliphatic rings. The molecule has 1 aliphatic heterocycles. The van der Waals surface area contributed by atoms with Crippen molar-refractivity contribution >= 4 is 9.84 Å². The van der Waals surface area contributed by atoms with E-state index in [4.69, 9.17) is 9.15 Å². The topological polar surface area (TPSA) is 69.4 Å². The van der Waals surface area contributed by atoms with Crippen LogP contribution in [0.15, 0.2) is 39.8 Å². The second-order valence-corrected chi connectivity index (χ2v) is 9.93. The third-order valence-electron chi connectivity index (χ3n) is 5.33. The van der Waals surface area contributed by atoms with Gasteiger partial charge in [0.1, 0.15) is 12.4 Å². The summed E-state index contributed by atoms with van der Waals surface area (Å²) >= 11 is 0. The third kappa shape index (κ3) is 3.02. The Morgan fingerprint density at radius 1 is 1.28 bits per heavy atom. The summed E-state index contributed by atoms with van der Waals surface area (Å²) in [7, 11) is -3.47. The van der Waals surface area contributed by atoms with Gasteiger partial charge in [-0.2, -0.15) is 0 Å². The van der Waals surface area contributed by atoms with E-state index >= 15 is 0 Å². The van der Waals surface area contributed by atoms with Crippen LogP contribution in [0.5, 0.6) is 0 Å². The molecule has 2 heterocycles. The van der Waals surface area contributed by atoms with E-state index in [-0.39, 0.29) is 0 Å². The molecule has 134 valence electrons. The predicted molar refractivity (Wildman–Crippen MR) is 93.2 cm³/mol. The van der Waals surface area contributed by atoms with Crippen molar-refractivity contribution in [2.45, 2.75) is 61.2 Å². The maximum atomic E-state index is 13.3. The second-order valence-electron chi connectivity index (χ2n) is 7.47. The minimum atomic E-state index is -3.47. The molecular weight excluding hydrogens is 338 g/mol. The zero-order valence-corrected chi connectivity index (χ0v) is 15.4. The lowest BCUT2D eigenvalue weighted by Crippen LogP contribution is -2.42. The molecule has 2 fully saturated rings. The van der Waals surface area contributed by atoms with Crippen LogP contribution in [-0.4, -0.2) is 24.8 Å². The van der Waals surface area contributed by atoms with E-state index in [9.17, 15) is 8.42 Å². The van der Waals surface area contributed by atoms with Gasteiger partial charge >= 0.3 is 0 Å². The lowest BCUT2D eigenvalue weighted by molar-refractivity contribution is -0.0150. The van der Waals surface area contributed by atoms with Crippen molar-refractivity contribution in [3.63, 3.8) is 0 Å². The van der Waals surface area contributed by atoms with Crippen LogP contribution in [0.4, 0.5) is 0 Å². The molecule has 1 saturated heterocycles. The van der Waals surface area contributed by atoms with E-state index in [0.29, 0.717) is 36.2 Å². The van der Waals surface area contributed by atoms with Crippen LogP contribution < -0.4 is 0 Å². The first-order chi connectivity index (χ1) is 11.9. The minimum absolute atomic E-state index is 0.355. The van der Waals surface area contributed by atoms with Crippen LogP contribution in [0.2, 0.25) is 0 Å². The van der Waals surface area contributed by atoms with E-state index < -0.39 is 20.7 Å². The number of benzene rings is 1. The SMILES string of the molecule is Cc1cccc(S(=O)(=O)C2(C)CCOC(c3nc(C4CC4)co3)C2)c1. The Kier molecular flexibility index (Phi) is 4.00. The van der Waals surface area contributed by atoms with E-state index in [1.807, 2.05) is 19.9 Å². The maximum absolute atomic E-state index is 13.3. The number of ether oxygens (including phenoxy) is 1. The molecule has 4 rings (SSSR count). The van der Waals surface area contributed by atoms with Crippen molar-refractivity contribution < 1.29 is 17.6 Å². The van der Waals surface area contributed by atoms with Crippen molar-refractivity contribution in [1.82, 2.24) is 4.98 Å². The van der Waals surface area contributed by atoms with E-state index in [1.54, 1.807) is 24.5 Å². The van der Waals surface area contributed by atoms with Crippen molar-refractivity contribution in [3.8, 4) is 0 Å². The van der Waals surface area contributed by atoms with Gasteiger partial charge in [0.15, 0.2) is 9.84 Å². The number of hydrogen-bond acceptors (Lipinski definition) is 5. The highest BCUT2D eigenvalue weighted by Crippen LogP contribution is 2.44. The fourth-order valence-electron chi connectivity index (χ4n) is 3.46. The number of oxazole rings is 1. The number of nitrogens with zero attached hydrogens (tertiary/aromatic N) is 1. The van der Waals surface area contributed by atoms with Crippen LogP contribution in [0, 0.1) is 6.92 Å². The van der Waals surface area contributed by atoms with Gasteiger partial charge in [-0.1, -0.05) is 12.1 Å². The second kappa shape index (κ2) is 5.95. The van der Waals surface area contributed by atoms with Gasteiger partial charge in [0.2, 0.25) is 5.89 Å². The van der Waals surface area contributed by atoms with Crippen molar-refractivity contribution in [2.75, 3.05) is 6.61 Å². The Morgan fingerprint density at radius 2 is 2.08 bits per heavy atom. The van der Waals surface area contributed by atoms with Crippen LogP contribution in [-0.2, 0) is 14.6 Å². The Bertz CT molecular complexity index is 884. The standard InChI is InChI=1S/C19H23NO4S/c1-13-4-3-5-15(10-13)25(21,22)19(2)8-9-23-17(11-19)18-20-16(12-24-18)14-6-7-14/h3-5,10,12,14,17H,6-9,11H2,1-2H3. The van der Waals surface area contributed by atoms with E-state index in [2.05, 4.69) is 4.98 Å². The van der Waals surface area contributed by atoms with Gasteiger partial charge in [0.05, 0.1) is 15.3 Å². The quantitative estimate of drug-likeness (QED) is 0.825. The first kappa shape index (κ1) is 16.8. The highest BCUT2D eigenvalue weighted by Gasteiger charge is 2.46. The van der Waals surface area contributed by atoms with Gasteiger partial charge < -0.3 is 9.15 Å². The fourth-order valence-corrected chi connectivity index (χ4v) is 5.35. The largest absolute Gasteiger partial charge is 0.446 e. The summed E-state index contributed by atoms with van der Waals surface area (Å²) in [4.78, 5) is 4.92. The molecule has 2 aromatic rings. The normalized spacial score (nSPS) is 27.4. The van der Waals surface area contributed by atoms with Crippen LogP contribution in [0.25, 0.3) is 0 Å². The summed E-state index contributed by atoms with van der Waals surface area (Å²) in [5.74, 6) is 1.01. The average Bonchev–Trinajstić information content (AvgIpc) is 3.32. The highest BCUT2D eigenvalue weighted by molar-refractivity contribution is 7.92. The number of sulfone groups is 1. The van der Waals surface area contributed by atoms with Gasteiger partial charge in [-0.25, -0.2) is 13.4 Å². The van der Waals surface area contributed by atoms with Gasteiger partial charge in [0, 0.05) is 18.9 Å². The van der Waals surface area contributed by atoms with E-state index in [1.165, 1.54) is 0 Å². The zero-order chi connectivity index (χ0) is 17.7. The smallest absolute Gasteiger partial charge is 0.223 e. The molecule has 0 radical (unpaired) electrons. The molecule has 0 bridgehead atoms. The number of aromatic nitrogens is 1. The first-order valence-corrected chi connectivity index (χ1v) is 10.3. The molecule has 0 N–H and O–H groups in total. The molecular formula is C19H23NO4S. The minimum Gasteiger partial charge on any atom is -0.446 e. The molecule has 1 aliphatic carbocycles. The van der Waals surface area contributed by atoms with Gasteiger partial charge in [-0.3, -0.25) is 0 Å². The Hall–Kier alpha value is -1.66. The molecule has 6 heteroatoms. The van der Waals surface area contributed by atoms with E-state index in [0.717, 1.165) is 24.1 Å². The Morgan fingerprint density at radius 3 is 2.80 bits per heavy atom. The lowest BCUT2D eigenvalue weighted by atomic mass is 9.96. The van der Waals surface area contributed by atoms with Crippen molar-refractivity contribution in [1.29, 1.82) is 0 Å². The average molecular weight is 361 g/mol. The summed E-state index contributed by atoms with van der Waals surface area (Å²) in [6, 6.07) is 7.11.